The lowest BCUT2D eigenvalue weighted by Crippen LogP contribution is -1.99. The predicted octanol–water partition coefficient (Wildman–Crippen LogP) is 6.15. The van der Waals surface area contributed by atoms with Crippen molar-refractivity contribution in [3.63, 3.8) is 0 Å². The molecule has 4 rings (SSSR count). The highest BCUT2D eigenvalue weighted by molar-refractivity contribution is 6.05. The second kappa shape index (κ2) is 7.73. The summed E-state index contributed by atoms with van der Waals surface area (Å²) in [7, 11) is 3.34. The zero-order valence-corrected chi connectivity index (χ0v) is 16.4. The third-order valence-electron chi connectivity index (χ3n) is 5.03. The molecule has 3 nitrogen and oxygen atoms in total. The number of fused-ring (bicyclic) bond motifs is 1. The molecule has 0 fully saturated rings. The molecule has 140 valence electrons. The summed E-state index contributed by atoms with van der Waals surface area (Å²) in [6.45, 7) is 2.13. The van der Waals surface area contributed by atoms with Crippen LogP contribution in [-0.2, 0) is 6.42 Å². The van der Waals surface area contributed by atoms with Gasteiger partial charge in [0.25, 0.3) is 0 Å². The Morgan fingerprint density at radius 3 is 1.79 bits per heavy atom. The largest absolute Gasteiger partial charge is 0.493 e. The van der Waals surface area contributed by atoms with E-state index in [1.807, 2.05) is 18.2 Å². The van der Waals surface area contributed by atoms with Crippen LogP contribution in [0.1, 0.15) is 12.6 Å². The van der Waals surface area contributed by atoms with Crippen molar-refractivity contribution in [2.45, 2.75) is 13.3 Å². The molecule has 4 aromatic rings. The Morgan fingerprint density at radius 2 is 1.25 bits per heavy atom. The SMILES string of the molecule is CCc1nc(-c2ccccc2)c(-c2ccccc2)c2cc(OC)c(OC)cc12. The van der Waals surface area contributed by atoms with E-state index < -0.39 is 0 Å². The Kier molecular flexibility index (Phi) is 4.98. The standard InChI is InChI=1S/C25H23NO2/c1-4-21-19-15-22(27-2)23(28-3)16-20(19)24(17-11-7-5-8-12-17)25(26-21)18-13-9-6-10-14-18/h5-16H,4H2,1-3H3. The normalized spacial score (nSPS) is 10.8. The molecule has 0 aliphatic rings. The van der Waals surface area contributed by atoms with Crippen LogP contribution in [0.25, 0.3) is 33.2 Å². The van der Waals surface area contributed by atoms with E-state index in [0.29, 0.717) is 0 Å². The Bertz CT molecular complexity index is 1110. The molecule has 0 saturated heterocycles. The van der Waals surface area contributed by atoms with Gasteiger partial charge in [0.05, 0.1) is 19.9 Å². The van der Waals surface area contributed by atoms with Crippen LogP contribution >= 0.6 is 0 Å². The topological polar surface area (TPSA) is 31.4 Å². The monoisotopic (exact) mass is 369 g/mol. The summed E-state index contributed by atoms with van der Waals surface area (Å²) in [6.07, 6.45) is 0.834. The Labute approximate surface area is 165 Å². The maximum Gasteiger partial charge on any atom is 0.161 e. The van der Waals surface area contributed by atoms with Crippen molar-refractivity contribution >= 4 is 10.8 Å². The van der Waals surface area contributed by atoms with Crippen molar-refractivity contribution < 1.29 is 9.47 Å². The van der Waals surface area contributed by atoms with Crippen molar-refractivity contribution in [1.29, 1.82) is 0 Å². The quantitative estimate of drug-likeness (QED) is 0.423. The van der Waals surface area contributed by atoms with Crippen LogP contribution in [0.15, 0.2) is 72.8 Å². The van der Waals surface area contributed by atoms with Crippen molar-refractivity contribution in [3.05, 3.63) is 78.5 Å². The van der Waals surface area contributed by atoms with Crippen LogP contribution in [0.5, 0.6) is 11.5 Å². The Morgan fingerprint density at radius 1 is 0.714 bits per heavy atom. The Hall–Kier alpha value is -3.33. The van der Waals surface area contributed by atoms with Gasteiger partial charge in [0.1, 0.15) is 0 Å². The van der Waals surface area contributed by atoms with E-state index in [0.717, 1.165) is 56.8 Å². The lowest BCUT2D eigenvalue weighted by Gasteiger charge is -2.18. The smallest absolute Gasteiger partial charge is 0.161 e. The second-order valence-electron chi connectivity index (χ2n) is 6.62. The van der Waals surface area contributed by atoms with E-state index >= 15 is 0 Å². The average molecular weight is 369 g/mol. The van der Waals surface area contributed by atoms with E-state index in [1.54, 1.807) is 14.2 Å². The highest BCUT2D eigenvalue weighted by Gasteiger charge is 2.19. The number of aryl methyl sites for hydroxylation is 1. The minimum Gasteiger partial charge on any atom is -0.493 e. The fourth-order valence-electron chi connectivity index (χ4n) is 3.67. The number of ether oxygens (including phenoxy) is 2. The molecule has 0 N–H and O–H groups in total. The first-order valence-corrected chi connectivity index (χ1v) is 9.46. The predicted molar refractivity (Wildman–Crippen MR) is 115 cm³/mol. The lowest BCUT2D eigenvalue weighted by molar-refractivity contribution is 0.356. The van der Waals surface area contributed by atoms with Crippen LogP contribution in [0.3, 0.4) is 0 Å². The van der Waals surface area contributed by atoms with Crippen LogP contribution in [-0.4, -0.2) is 19.2 Å². The number of benzene rings is 3. The van der Waals surface area contributed by atoms with E-state index in [4.69, 9.17) is 14.5 Å². The molecule has 3 heteroatoms. The highest BCUT2D eigenvalue weighted by atomic mass is 16.5. The third kappa shape index (κ3) is 3.09. The fourth-order valence-corrected chi connectivity index (χ4v) is 3.67. The average Bonchev–Trinajstić information content (AvgIpc) is 2.78. The summed E-state index contributed by atoms with van der Waals surface area (Å²) in [6, 6.07) is 24.9. The summed E-state index contributed by atoms with van der Waals surface area (Å²) in [5.41, 5.74) is 5.39. The molecular weight excluding hydrogens is 346 g/mol. The highest BCUT2D eigenvalue weighted by Crippen LogP contribution is 2.42. The summed E-state index contributed by atoms with van der Waals surface area (Å²) in [4.78, 5) is 5.10. The number of hydrogen-bond donors (Lipinski definition) is 0. The van der Waals surface area contributed by atoms with E-state index in [2.05, 4.69) is 61.5 Å². The number of hydrogen-bond acceptors (Lipinski definition) is 3. The molecule has 0 bridgehead atoms. The van der Waals surface area contributed by atoms with E-state index in [1.165, 1.54) is 0 Å². The molecule has 3 aromatic carbocycles. The van der Waals surface area contributed by atoms with Crippen molar-refractivity contribution in [1.82, 2.24) is 4.98 Å². The second-order valence-corrected chi connectivity index (χ2v) is 6.62. The molecule has 0 aliphatic heterocycles. The molecule has 0 aliphatic carbocycles. The first-order chi connectivity index (χ1) is 13.8. The number of aromatic nitrogens is 1. The number of methoxy groups -OCH3 is 2. The molecule has 0 atom stereocenters. The summed E-state index contributed by atoms with van der Waals surface area (Å²) >= 11 is 0. The minimum absolute atomic E-state index is 0.720. The summed E-state index contributed by atoms with van der Waals surface area (Å²) in [5.74, 6) is 1.44. The van der Waals surface area contributed by atoms with Crippen LogP contribution in [0.4, 0.5) is 0 Å². The maximum absolute atomic E-state index is 5.61. The van der Waals surface area contributed by atoms with Gasteiger partial charge in [-0.05, 0) is 29.5 Å². The van der Waals surface area contributed by atoms with Gasteiger partial charge >= 0.3 is 0 Å². The molecule has 1 aromatic heterocycles. The number of pyridine rings is 1. The van der Waals surface area contributed by atoms with Crippen molar-refractivity contribution in [3.8, 4) is 33.9 Å². The van der Waals surface area contributed by atoms with Gasteiger partial charge in [-0.1, -0.05) is 67.6 Å². The molecule has 0 unspecified atom stereocenters. The maximum atomic E-state index is 5.61. The summed E-state index contributed by atoms with van der Waals surface area (Å²) < 4.78 is 11.2. The first-order valence-electron chi connectivity index (χ1n) is 9.46. The first kappa shape index (κ1) is 18.1. The molecule has 0 amide bonds. The molecule has 1 heterocycles. The zero-order chi connectivity index (χ0) is 19.5. The number of rotatable bonds is 5. The van der Waals surface area contributed by atoms with Gasteiger partial charge in [0.15, 0.2) is 11.5 Å². The molecule has 0 spiro atoms. The Balaban J connectivity index is 2.16. The van der Waals surface area contributed by atoms with E-state index in [-0.39, 0.29) is 0 Å². The molecule has 28 heavy (non-hydrogen) atoms. The van der Waals surface area contributed by atoms with Gasteiger partial charge in [-0.25, -0.2) is 0 Å². The van der Waals surface area contributed by atoms with Gasteiger partial charge in [-0.3, -0.25) is 4.98 Å². The molecular formula is C25H23NO2. The van der Waals surface area contributed by atoms with Gasteiger partial charge in [0, 0.05) is 22.2 Å². The van der Waals surface area contributed by atoms with Crippen molar-refractivity contribution in [2.75, 3.05) is 14.2 Å². The van der Waals surface area contributed by atoms with Crippen LogP contribution in [0, 0.1) is 0 Å². The lowest BCUT2D eigenvalue weighted by atomic mass is 9.92. The van der Waals surface area contributed by atoms with Gasteiger partial charge < -0.3 is 9.47 Å². The minimum atomic E-state index is 0.720. The van der Waals surface area contributed by atoms with Crippen LogP contribution < -0.4 is 9.47 Å². The van der Waals surface area contributed by atoms with Gasteiger partial charge in [-0.15, -0.1) is 0 Å². The molecule has 0 saturated carbocycles. The zero-order valence-electron chi connectivity index (χ0n) is 16.4. The number of nitrogens with zero attached hydrogens (tertiary/aromatic N) is 1. The van der Waals surface area contributed by atoms with Gasteiger partial charge in [0.2, 0.25) is 0 Å². The van der Waals surface area contributed by atoms with Gasteiger partial charge in [-0.2, -0.15) is 0 Å². The third-order valence-corrected chi connectivity index (χ3v) is 5.03. The summed E-state index contributed by atoms with van der Waals surface area (Å²) in [5, 5.41) is 2.22. The van der Waals surface area contributed by atoms with Crippen molar-refractivity contribution in [2.24, 2.45) is 0 Å². The van der Waals surface area contributed by atoms with Crippen LogP contribution in [0.2, 0.25) is 0 Å². The van der Waals surface area contributed by atoms with E-state index in [9.17, 15) is 0 Å². The fraction of sp³-hybridized carbons (Fsp3) is 0.160. The molecule has 0 radical (unpaired) electrons.